The van der Waals surface area contributed by atoms with Crippen LogP contribution >= 0.6 is 0 Å². The zero-order valence-corrected chi connectivity index (χ0v) is 9.42. The Bertz CT molecular complexity index is 330. The Balaban J connectivity index is 1.87. The number of amidine groups is 1. The molecule has 1 saturated heterocycles. The van der Waals surface area contributed by atoms with Gasteiger partial charge in [-0.3, -0.25) is 4.99 Å². The largest absolute Gasteiger partial charge is 0.365 e. The maximum atomic E-state index is 11.8. The minimum absolute atomic E-state index is 0.0214. The molecule has 2 rings (SSSR count). The predicted molar refractivity (Wildman–Crippen MR) is 62.4 cm³/mol. The van der Waals surface area contributed by atoms with E-state index in [2.05, 4.69) is 20.9 Å². The fourth-order valence-corrected chi connectivity index (χ4v) is 1.76. The van der Waals surface area contributed by atoms with Gasteiger partial charge in [0.2, 0.25) is 0 Å². The second kappa shape index (κ2) is 4.98. The second-order valence-electron chi connectivity index (χ2n) is 3.80. The van der Waals surface area contributed by atoms with Crippen LogP contribution in [-0.4, -0.2) is 56.5 Å². The quantitative estimate of drug-likeness (QED) is 0.540. The number of hydrogen-bond acceptors (Lipinski definition) is 3. The van der Waals surface area contributed by atoms with Crippen molar-refractivity contribution in [3.8, 4) is 0 Å². The summed E-state index contributed by atoms with van der Waals surface area (Å²) in [5.41, 5.74) is 0.879. The molecule has 0 aromatic heterocycles. The van der Waals surface area contributed by atoms with Gasteiger partial charge >= 0.3 is 6.03 Å². The molecule has 0 spiro atoms. The Kier molecular flexibility index (Phi) is 3.40. The van der Waals surface area contributed by atoms with Gasteiger partial charge in [-0.15, -0.1) is 0 Å². The highest BCUT2D eigenvalue weighted by Crippen LogP contribution is 2.00. The van der Waals surface area contributed by atoms with Crippen LogP contribution in [0.3, 0.4) is 0 Å². The van der Waals surface area contributed by atoms with Gasteiger partial charge in [-0.1, -0.05) is 0 Å². The first-order valence-electron chi connectivity index (χ1n) is 5.47. The average Bonchev–Trinajstić information content (AvgIpc) is 2.78. The number of carbonyl (C=O) groups is 1. The number of aliphatic imine (C=N–C) groups is 1. The lowest BCUT2D eigenvalue weighted by molar-refractivity contribution is 0.193. The fraction of sp³-hybridized carbons (Fsp3) is 0.600. The first-order valence-corrected chi connectivity index (χ1v) is 5.47. The first-order chi connectivity index (χ1) is 7.79. The van der Waals surface area contributed by atoms with Crippen molar-refractivity contribution in [1.29, 1.82) is 0 Å². The third kappa shape index (κ3) is 2.52. The molecule has 0 bridgehead atoms. The second-order valence-corrected chi connectivity index (χ2v) is 3.80. The Morgan fingerprint density at radius 1 is 1.50 bits per heavy atom. The molecule has 2 heterocycles. The summed E-state index contributed by atoms with van der Waals surface area (Å²) in [6.45, 7) is 3.91. The third-order valence-corrected chi connectivity index (χ3v) is 2.68. The Hall–Kier alpha value is -1.56. The van der Waals surface area contributed by atoms with E-state index >= 15 is 0 Å². The van der Waals surface area contributed by atoms with Crippen LogP contribution in [0.1, 0.15) is 0 Å². The molecule has 0 saturated carbocycles. The van der Waals surface area contributed by atoms with Crippen molar-refractivity contribution in [2.24, 2.45) is 4.99 Å². The first kappa shape index (κ1) is 10.9. The summed E-state index contributed by atoms with van der Waals surface area (Å²) in [6.07, 6.45) is 1.86. The molecule has 0 unspecified atom stereocenters. The van der Waals surface area contributed by atoms with Crippen LogP contribution in [0.25, 0.3) is 0 Å². The molecular formula is C10H17N5O. The Morgan fingerprint density at radius 3 is 2.88 bits per heavy atom. The lowest BCUT2D eigenvalue weighted by Crippen LogP contribution is -2.50. The fourth-order valence-electron chi connectivity index (χ4n) is 1.76. The molecular weight excluding hydrogens is 206 g/mol. The molecule has 0 aromatic rings. The number of hydrogen-bond donors (Lipinski definition) is 3. The summed E-state index contributed by atoms with van der Waals surface area (Å²) < 4.78 is 0. The number of nitrogens with zero attached hydrogens (tertiary/aromatic N) is 2. The zero-order valence-electron chi connectivity index (χ0n) is 9.42. The van der Waals surface area contributed by atoms with Crippen LogP contribution in [0.5, 0.6) is 0 Å². The van der Waals surface area contributed by atoms with Gasteiger partial charge in [-0.25, -0.2) is 4.79 Å². The van der Waals surface area contributed by atoms with Gasteiger partial charge < -0.3 is 20.9 Å². The molecule has 1 fully saturated rings. The monoisotopic (exact) mass is 223 g/mol. The Labute approximate surface area is 94.8 Å². The summed E-state index contributed by atoms with van der Waals surface area (Å²) in [5, 5.41) is 9.18. The van der Waals surface area contributed by atoms with E-state index in [1.54, 1.807) is 7.05 Å². The smallest absolute Gasteiger partial charge is 0.321 e. The normalized spacial score (nSPS) is 22.9. The van der Waals surface area contributed by atoms with Crippen molar-refractivity contribution in [3.63, 3.8) is 0 Å². The molecule has 0 aliphatic carbocycles. The summed E-state index contributed by atoms with van der Waals surface area (Å²) in [4.78, 5) is 17.7. The molecule has 3 N–H and O–H groups in total. The van der Waals surface area contributed by atoms with Crippen LogP contribution in [0.15, 0.2) is 16.8 Å². The van der Waals surface area contributed by atoms with Crippen molar-refractivity contribution in [2.45, 2.75) is 0 Å². The van der Waals surface area contributed by atoms with Gasteiger partial charge in [-0.05, 0) is 0 Å². The highest BCUT2D eigenvalue weighted by molar-refractivity contribution is 5.96. The molecule has 6 heteroatoms. The number of rotatable bonds is 1. The zero-order chi connectivity index (χ0) is 11.4. The number of amides is 2. The molecule has 2 amide bonds. The Morgan fingerprint density at radius 2 is 2.25 bits per heavy atom. The predicted octanol–water partition coefficient (Wildman–Crippen LogP) is -0.883. The third-order valence-electron chi connectivity index (χ3n) is 2.68. The topological polar surface area (TPSA) is 68.8 Å². The minimum atomic E-state index is -0.0214. The van der Waals surface area contributed by atoms with E-state index in [-0.39, 0.29) is 6.03 Å². The standard InChI is InChI=1S/C10H17N5O/c1-11-9-6-8(7-13-9)14-10(16)15-4-2-12-3-5-15/h6,12H,2-5,7H2,1H3,(H,11,13)(H,14,16). The molecule has 16 heavy (non-hydrogen) atoms. The van der Waals surface area contributed by atoms with Crippen molar-refractivity contribution in [1.82, 2.24) is 20.9 Å². The SMILES string of the molecule is CN=C1C=C(NC(=O)N2CCNCC2)CN1. The van der Waals surface area contributed by atoms with Crippen LogP contribution in [0.2, 0.25) is 0 Å². The van der Waals surface area contributed by atoms with E-state index in [1.165, 1.54) is 0 Å². The van der Waals surface area contributed by atoms with Crippen molar-refractivity contribution in [3.05, 3.63) is 11.8 Å². The van der Waals surface area contributed by atoms with E-state index in [4.69, 9.17) is 0 Å². The van der Waals surface area contributed by atoms with E-state index in [9.17, 15) is 4.79 Å². The summed E-state index contributed by atoms with van der Waals surface area (Å²) >= 11 is 0. The van der Waals surface area contributed by atoms with Crippen LogP contribution in [0.4, 0.5) is 4.79 Å². The van der Waals surface area contributed by atoms with Gasteiger partial charge in [-0.2, -0.15) is 0 Å². The van der Waals surface area contributed by atoms with Crippen molar-refractivity contribution >= 4 is 11.9 Å². The minimum Gasteiger partial charge on any atom is -0.365 e. The summed E-state index contributed by atoms with van der Waals surface area (Å²) in [7, 11) is 1.72. The van der Waals surface area contributed by atoms with Gasteiger partial charge in [0.15, 0.2) is 0 Å². The average molecular weight is 223 g/mol. The van der Waals surface area contributed by atoms with Crippen LogP contribution in [0, 0.1) is 0 Å². The molecule has 88 valence electrons. The van der Waals surface area contributed by atoms with E-state index in [0.29, 0.717) is 6.54 Å². The van der Waals surface area contributed by atoms with Gasteiger partial charge in [0, 0.05) is 45.0 Å². The molecule has 2 aliphatic rings. The molecule has 2 aliphatic heterocycles. The van der Waals surface area contributed by atoms with Crippen molar-refractivity contribution < 1.29 is 4.79 Å². The number of carbonyl (C=O) groups excluding carboxylic acids is 1. The van der Waals surface area contributed by atoms with E-state index in [1.807, 2.05) is 11.0 Å². The lowest BCUT2D eigenvalue weighted by Gasteiger charge is -2.27. The van der Waals surface area contributed by atoms with Crippen LogP contribution in [-0.2, 0) is 0 Å². The maximum Gasteiger partial charge on any atom is 0.321 e. The van der Waals surface area contributed by atoms with E-state index < -0.39 is 0 Å². The van der Waals surface area contributed by atoms with Gasteiger partial charge in [0.1, 0.15) is 5.84 Å². The van der Waals surface area contributed by atoms with Crippen LogP contribution < -0.4 is 16.0 Å². The summed E-state index contributed by atoms with van der Waals surface area (Å²) in [6, 6.07) is -0.0214. The molecule has 6 nitrogen and oxygen atoms in total. The molecule has 0 atom stereocenters. The lowest BCUT2D eigenvalue weighted by atomic mass is 10.4. The van der Waals surface area contributed by atoms with E-state index in [0.717, 1.165) is 37.7 Å². The molecule has 0 aromatic carbocycles. The number of nitrogens with one attached hydrogen (secondary N) is 3. The summed E-state index contributed by atoms with van der Waals surface area (Å²) in [5.74, 6) is 0.815. The van der Waals surface area contributed by atoms with Gasteiger partial charge in [0.05, 0.1) is 6.54 Å². The number of piperazine rings is 1. The highest BCUT2D eigenvalue weighted by Gasteiger charge is 2.18. The highest BCUT2D eigenvalue weighted by atomic mass is 16.2. The number of urea groups is 1. The van der Waals surface area contributed by atoms with Crippen molar-refractivity contribution in [2.75, 3.05) is 39.8 Å². The maximum absolute atomic E-state index is 11.8. The van der Waals surface area contributed by atoms with Gasteiger partial charge in [0.25, 0.3) is 0 Å². The molecule has 0 radical (unpaired) electrons.